The smallest absolute Gasteiger partial charge is 0.368 e. The Morgan fingerprint density at radius 3 is 1.95 bits per heavy atom. The summed E-state index contributed by atoms with van der Waals surface area (Å²) < 4.78 is 75.8. The summed E-state index contributed by atoms with van der Waals surface area (Å²) in [6.45, 7) is 0. The standard InChI is InChI=1S/C10H5F6NOS/c11-9(12,13)8(18,10(14,15)16)7-17-5-3-1-2-4-6(5)19-7/h1-4,18H. The molecule has 2 aromatic rings. The van der Waals surface area contributed by atoms with Gasteiger partial charge in [-0.3, -0.25) is 0 Å². The number of fused-ring (bicyclic) bond motifs is 1. The SMILES string of the molecule is OC(c1nc2ccccc2s1)(C(F)(F)F)C(F)(F)F. The minimum Gasteiger partial charge on any atom is -0.368 e. The molecule has 0 radical (unpaired) electrons. The zero-order chi connectivity index (χ0) is 14.5. The molecule has 0 aliphatic heterocycles. The van der Waals surface area contributed by atoms with E-state index in [1.54, 1.807) is 0 Å². The van der Waals surface area contributed by atoms with Crippen molar-refractivity contribution in [2.24, 2.45) is 0 Å². The summed E-state index contributed by atoms with van der Waals surface area (Å²) >= 11 is 0.157. The molecule has 2 nitrogen and oxygen atoms in total. The molecule has 19 heavy (non-hydrogen) atoms. The van der Waals surface area contributed by atoms with Crippen LogP contribution in [0.25, 0.3) is 10.2 Å². The zero-order valence-electron chi connectivity index (χ0n) is 8.88. The van der Waals surface area contributed by atoms with E-state index >= 15 is 0 Å². The summed E-state index contributed by atoms with van der Waals surface area (Å²) in [7, 11) is 0. The number of hydrogen-bond donors (Lipinski definition) is 1. The van der Waals surface area contributed by atoms with Gasteiger partial charge in [0.05, 0.1) is 10.2 Å². The first kappa shape index (κ1) is 14.1. The monoisotopic (exact) mass is 301 g/mol. The number of thiazole rings is 1. The maximum atomic E-state index is 12.6. The third-order valence-corrected chi connectivity index (χ3v) is 3.57. The van der Waals surface area contributed by atoms with Crippen molar-refractivity contribution in [2.75, 3.05) is 0 Å². The van der Waals surface area contributed by atoms with Crippen LogP contribution in [0.5, 0.6) is 0 Å². The molecular weight excluding hydrogens is 296 g/mol. The molecule has 1 heterocycles. The molecule has 0 amide bonds. The first-order chi connectivity index (χ1) is 8.57. The Labute approximate surface area is 106 Å². The minimum absolute atomic E-state index is 0.0329. The number of nitrogens with zero attached hydrogens (tertiary/aromatic N) is 1. The van der Waals surface area contributed by atoms with Crippen LogP contribution in [0, 0.1) is 0 Å². The Balaban J connectivity index is 2.69. The summed E-state index contributed by atoms with van der Waals surface area (Å²) in [5.74, 6) is 0. The van der Waals surface area contributed by atoms with Crippen LogP contribution in [0.1, 0.15) is 5.01 Å². The van der Waals surface area contributed by atoms with Crippen LogP contribution in [0.2, 0.25) is 0 Å². The Kier molecular flexibility index (Phi) is 3.01. The van der Waals surface area contributed by atoms with Gasteiger partial charge in [0, 0.05) is 0 Å². The van der Waals surface area contributed by atoms with Gasteiger partial charge in [-0.25, -0.2) is 4.98 Å². The Hall–Kier alpha value is -1.35. The fraction of sp³-hybridized carbons (Fsp3) is 0.300. The van der Waals surface area contributed by atoms with Crippen molar-refractivity contribution < 1.29 is 31.4 Å². The van der Waals surface area contributed by atoms with E-state index in [0.717, 1.165) is 0 Å². The molecule has 1 N–H and O–H groups in total. The number of aliphatic hydroxyl groups is 1. The van der Waals surface area contributed by atoms with Crippen molar-refractivity contribution in [3.8, 4) is 0 Å². The molecule has 0 saturated heterocycles. The van der Waals surface area contributed by atoms with Crippen molar-refractivity contribution in [3.05, 3.63) is 29.3 Å². The number of hydrogen-bond acceptors (Lipinski definition) is 3. The van der Waals surface area contributed by atoms with Gasteiger partial charge >= 0.3 is 18.0 Å². The average molecular weight is 301 g/mol. The van der Waals surface area contributed by atoms with Crippen LogP contribution in [0.3, 0.4) is 0 Å². The number of halogens is 6. The number of aromatic nitrogens is 1. The van der Waals surface area contributed by atoms with E-state index in [-0.39, 0.29) is 21.6 Å². The molecular formula is C10H5F6NOS. The van der Waals surface area contributed by atoms with Crippen LogP contribution in [-0.2, 0) is 5.60 Å². The molecule has 0 bridgehead atoms. The third kappa shape index (κ3) is 2.06. The molecule has 0 aliphatic carbocycles. The number of rotatable bonds is 1. The van der Waals surface area contributed by atoms with Crippen molar-refractivity contribution in [1.82, 2.24) is 4.98 Å². The molecule has 1 aromatic carbocycles. The van der Waals surface area contributed by atoms with E-state index in [1.165, 1.54) is 24.3 Å². The van der Waals surface area contributed by atoms with Gasteiger partial charge in [0.25, 0.3) is 0 Å². The number of para-hydroxylation sites is 1. The summed E-state index contributed by atoms with van der Waals surface area (Å²) in [5, 5.41) is 7.72. The predicted molar refractivity (Wildman–Crippen MR) is 55.6 cm³/mol. The molecule has 0 fully saturated rings. The summed E-state index contributed by atoms with van der Waals surface area (Å²) in [4.78, 5) is 3.25. The maximum absolute atomic E-state index is 12.6. The van der Waals surface area contributed by atoms with E-state index in [4.69, 9.17) is 5.11 Å². The normalized spacial score (nSPS) is 14.1. The lowest BCUT2D eigenvalue weighted by molar-refractivity contribution is -0.376. The number of benzene rings is 1. The molecule has 0 saturated carbocycles. The van der Waals surface area contributed by atoms with E-state index < -0.39 is 23.0 Å². The van der Waals surface area contributed by atoms with Gasteiger partial charge in [-0.2, -0.15) is 26.3 Å². The summed E-state index contributed by atoms with van der Waals surface area (Å²) in [6, 6.07) is 5.46. The van der Waals surface area contributed by atoms with Crippen LogP contribution in [0.15, 0.2) is 24.3 Å². The van der Waals surface area contributed by atoms with Crippen molar-refractivity contribution in [2.45, 2.75) is 18.0 Å². The second kappa shape index (κ2) is 4.07. The lowest BCUT2D eigenvalue weighted by atomic mass is 10.0. The summed E-state index contributed by atoms with van der Waals surface area (Å²) in [5.41, 5.74) is -4.99. The lowest BCUT2D eigenvalue weighted by Gasteiger charge is -2.30. The minimum atomic E-state index is -5.90. The molecule has 2 rings (SSSR count). The van der Waals surface area contributed by atoms with Gasteiger partial charge in [-0.05, 0) is 12.1 Å². The molecule has 1 aromatic heterocycles. The molecule has 9 heteroatoms. The van der Waals surface area contributed by atoms with E-state index in [9.17, 15) is 26.3 Å². The lowest BCUT2D eigenvalue weighted by Crippen LogP contribution is -2.53. The second-order valence-electron chi connectivity index (χ2n) is 3.69. The van der Waals surface area contributed by atoms with Gasteiger partial charge < -0.3 is 5.11 Å². The third-order valence-electron chi connectivity index (χ3n) is 2.42. The fourth-order valence-electron chi connectivity index (χ4n) is 1.43. The van der Waals surface area contributed by atoms with Gasteiger partial charge in [-0.1, -0.05) is 12.1 Å². The highest BCUT2D eigenvalue weighted by Crippen LogP contribution is 2.51. The van der Waals surface area contributed by atoms with E-state index in [0.29, 0.717) is 0 Å². The topological polar surface area (TPSA) is 33.1 Å². The average Bonchev–Trinajstić information content (AvgIpc) is 2.68. The van der Waals surface area contributed by atoms with Gasteiger partial charge in [0.2, 0.25) is 0 Å². The maximum Gasteiger partial charge on any atom is 0.433 e. The summed E-state index contributed by atoms with van der Waals surface area (Å²) in [6.07, 6.45) is -11.8. The predicted octanol–water partition coefficient (Wildman–Crippen LogP) is 3.61. The molecule has 104 valence electrons. The quantitative estimate of drug-likeness (QED) is 0.816. The van der Waals surface area contributed by atoms with Gasteiger partial charge in [0.1, 0.15) is 5.01 Å². The highest BCUT2D eigenvalue weighted by Gasteiger charge is 2.73. The number of alkyl halides is 6. The molecule has 0 unspecified atom stereocenters. The molecule has 0 spiro atoms. The highest BCUT2D eigenvalue weighted by molar-refractivity contribution is 7.18. The Bertz CT molecular complexity index is 555. The van der Waals surface area contributed by atoms with E-state index in [1.807, 2.05) is 0 Å². The highest BCUT2D eigenvalue weighted by atomic mass is 32.1. The van der Waals surface area contributed by atoms with Gasteiger partial charge in [-0.15, -0.1) is 11.3 Å². The molecule has 0 atom stereocenters. The van der Waals surface area contributed by atoms with Gasteiger partial charge in [0.15, 0.2) is 0 Å². The van der Waals surface area contributed by atoms with Crippen LogP contribution in [0.4, 0.5) is 26.3 Å². The van der Waals surface area contributed by atoms with Crippen LogP contribution >= 0.6 is 11.3 Å². The van der Waals surface area contributed by atoms with Crippen molar-refractivity contribution >= 4 is 21.6 Å². The second-order valence-corrected chi connectivity index (χ2v) is 4.72. The largest absolute Gasteiger partial charge is 0.433 e. The fourth-order valence-corrected chi connectivity index (χ4v) is 2.53. The Morgan fingerprint density at radius 2 is 1.47 bits per heavy atom. The Morgan fingerprint density at radius 1 is 0.947 bits per heavy atom. The zero-order valence-corrected chi connectivity index (χ0v) is 9.70. The van der Waals surface area contributed by atoms with Crippen molar-refractivity contribution in [1.29, 1.82) is 0 Å². The van der Waals surface area contributed by atoms with E-state index in [2.05, 4.69) is 4.98 Å². The van der Waals surface area contributed by atoms with Crippen molar-refractivity contribution in [3.63, 3.8) is 0 Å². The molecule has 0 aliphatic rings. The van der Waals surface area contributed by atoms with Crippen LogP contribution < -0.4 is 0 Å². The first-order valence-electron chi connectivity index (χ1n) is 4.79. The first-order valence-corrected chi connectivity index (χ1v) is 5.61. The van der Waals surface area contributed by atoms with Crippen LogP contribution in [-0.4, -0.2) is 22.4 Å².